The van der Waals surface area contributed by atoms with Crippen LogP contribution in [0.15, 0.2) is 24.3 Å². The Bertz CT molecular complexity index is 2840. The fourth-order valence-electron chi connectivity index (χ4n) is 12.1. The third kappa shape index (κ3) is 20.0. The summed E-state index contributed by atoms with van der Waals surface area (Å²) in [6, 6.07) is -6.08. The zero-order valence-electron chi connectivity index (χ0n) is 55.6. The van der Waals surface area contributed by atoms with Crippen LogP contribution in [0, 0.1) is 23.7 Å². The number of rotatable bonds is 22. The van der Waals surface area contributed by atoms with Gasteiger partial charge in [0.25, 0.3) is 5.91 Å². The van der Waals surface area contributed by atoms with Gasteiger partial charge in [0.15, 0.2) is 6.10 Å². The van der Waals surface area contributed by atoms with Crippen molar-refractivity contribution in [2.24, 2.45) is 29.4 Å². The van der Waals surface area contributed by atoms with Gasteiger partial charge in [-0.2, -0.15) is 0 Å². The zero-order valence-corrected chi connectivity index (χ0v) is 55.6. The maximum atomic E-state index is 15.2. The normalized spacial score (nSPS) is 26.1. The van der Waals surface area contributed by atoms with Crippen molar-refractivity contribution in [3.8, 4) is 5.75 Å². The highest BCUT2D eigenvalue weighted by atomic mass is 16.6. The molecule has 0 radical (unpaired) electrons. The fourth-order valence-corrected chi connectivity index (χ4v) is 12.1. The first-order valence-corrected chi connectivity index (χ1v) is 32.2. The molecule has 0 aromatic heterocycles. The second kappa shape index (κ2) is 34.1. The van der Waals surface area contributed by atoms with E-state index in [0.29, 0.717) is 30.6 Å². The molecule has 92 heavy (non-hydrogen) atoms. The Hall–Kier alpha value is -7.91. The van der Waals surface area contributed by atoms with Crippen LogP contribution in [0.3, 0.4) is 0 Å². The highest BCUT2D eigenvalue weighted by Crippen LogP contribution is 2.27. The Morgan fingerprint density at radius 1 is 0.837 bits per heavy atom. The lowest BCUT2D eigenvalue weighted by atomic mass is 9.91. The molecule has 28 nitrogen and oxygen atoms in total. The molecule has 4 aliphatic heterocycles. The summed E-state index contributed by atoms with van der Waals surface area (Å²) < 4.78 is 17.1. The van der Waals surface area contributed by atoms with E-state index in [2.05, 4.69) is 31.9 Å². The first kappa shape index (κ1) is 74.8. The van der Waals surface area contributed by atoms with Crippen LogP contribution < -0.4 is 42.4 Å². The third-order valence-electron chi connectivity index (χ3n) is 17.7. The number of carbonyl (C=O) groups excluding carboxylic acids is 13. The molecule has 1 unspecified atom stereocenters. The number of aliphatic hydroxyl groups is 1. The number of likely N-dealkylation sites (tertiary alicyclic amines) is 1. The van der Waals surface area contributed by atoms with Crippen LogP contribution in [-0.2, 0) is 78.2 Å². The fraction of sp³-hybridized carbons (Fsp3) is 0.703. The number of amides is 11. The number of methoxy groups -OCH3 is 1. The van der Waals surface area contributed by atoms with Crippen molar-refractivity contribution in [3.05, 3.63) is 29.8 Å². The van der Waals surface area contributed by atoms with Gasteiger partial charge in [-0.05, 0) is 107 Å². The lowest BCUT2D eigenvalue weighted by Crippen LogP contribution is -2.62. The number of benzene rings is 1. The highest BCUT2D eigenvalue weighted by Gasteiger charge is 2.46. The number of carbonyl (C=O) groups is 13. The Balaban J connectivity index is 1.52. The van der Waals surface area contributed by atoms with Gasteiger partial charge >= 0.3 is 11.9 Å². The molecule has 14 atom stereocenters. The minimum absolute atomic E-state index is 0.0112. The van der Waals surface area contributed by atoms with Crippen molar-refractivity contribution in [1.82, 2.24) is 51.5 Å². The summed E-state index contributed by atoms with van der Waals surface area (Å²) in [6.45, 7) is 17.0. The molecule has 1 aromatic carbocycles. The predicted molar refractivity (Wildman–Crippen MR) is 333 cm³/mol. The molecule has 1 aromatic rings. The van der Waals surface area contributed by atoms with Crippen molar-refractivity contribution >= 4 is 76.9 Å². The van der Waals surface area contributed by atoms with Crippen molar-refractivity contribution in [3.63, 3.8) is 0 Å². The van der Waals surface area contributed by atoms with Crippen LogP contribution in [0.4, 0.5) is 0 Å². The molecule has 5 rings (SSSR count). The lowest BCUT2D eigenvalue weighted by molar-refractivity contribution is -0.163. The minimum Gasteiger partial charge on any atom is -0.497 e. The number of hydrogen-bond acceptors (Lipinski definition) is 17. The van der Waals surface area contributed by atoms with Gasteiger partial charge in [0.1, 0.15) is 66.2 Å². The van der Waals surface area contributed by atoms with Crippen LogP contribution in [0.2, 0.25) is 0 Å². The van der Waals surface area contributed by atoms with E-state index in [0.717, 1.165) is 4.90 Å². The van der Waals surface area contributed by atoms with Crippen LogP contribution in [0.1, 0.15) is 152 Å². The summed E-state index contributed by atoms with van der Waals surface area (Å²) in [5, 5.41) is 28.1. The number of ether oxygens (including phenoxy) is 3. The third-order valence-corrected chi connectivity index (χ3v) is 17.7. The minimum atomic E-state index is -1.81. The molecule has 4 saturated heterocycles. The summed E-state index contributed by atoms with van der Waals surface area (Å²) in [4.78, 5) is 188. The van der Waals surface area contributed by atoms with Crippen LogP contribution >= 0.6 is 0 Å². The second-order valence-corrected chi connectivity index (χ2v) is 26.1. The van der Waals surface area contributed by atoms with Crippen LogP contribution in [0.25, 0.3) is 0 Å². The van der Waals surface area contributed by atoms with Gasteiger partial charge in [-0.1, -0.05) is 73.9 Å². The van der Waals surface area contributed by atoms with Gasteiger partial charge in [-0.3, -0.25) is 52.7 Å². The van der Waals surface area contributed by atoms with Crippen molar-refractivity contribution in [1.29, 1.82) is 0 Å². The van der Waals surface area contributed by atoms with E-state index in [-0.39, 0.29) is 88.6 Å². The number of hydrogen-bond donors (Lipinski definition) is 8. The summed E-state index contributed by atoms with van der Waals surface area (Å²) in [5.41, 5.74) is 5.91. The summed E-state index contributed by atoms with van der Waals surface area (Å²) in [6.07, 6.45) is -4.28. The number of aliphatic hydroxyl groups excluding tert-OH is 1. The van der Waals surface area contributed by atoms with Crippen molar-refractivity contribution in [2.75, 3.05) is 34.3 Å². The summed E-state index contributed by atoms with van der Waals surface area (Å²) >= 11 is 0. The lowest BCUT2D eigenvalue weighted by Gasteiger charge is -2.36. The number of primary amides is 1. The average Bonchev–Trinajstić information content (AvgIpc) is 1.58. The van der Waals surface area contributed by atoms with E-state index >= 15 is 14.4 Å². The molecule has 4 heterocycles. The SMILES string of the molecule is CC[C@H](C)[C@@H]1NC(=O)[C@H](NC(=O)[C@@H](CC(C)C)N(C)C(=O)[C@@H]2CCCN2C(=O)[C@H](C)OC(=O)[C@@H](CCC(N)=O)NC(=O)C2CCC(=O)N2)[C@H](C)OC(=O)[C@H](Cc2ccc(OC)cc2)N(C)C(=O)[C@@H]2CCCN2C(=O)[C@H](CC(C)C)NC(=O)[C@H](C(C)C)NC(=O)C[C@@H]1O. The van der Waals surface area contributed by atoms with E-state index in [1.54, 1.807) is 65.8 Å². The molecule has 4 aliphatic rings. The van der Waals surface area contributed by atoms with E-state index in [1.165, 1.54) is 49.8 Å². The van der Waals surface area contributed by atoms with Gasteiger partial charge in [0.2, 0.25) is 59.1 Å². The summed E-state index contributed by atoms with van der Waals surface area (Å²) in [7, 11) is 4.24. The van der Waals surface area contributed by atoms with Crippen LogP contribution in [0.5, 0.6) is 5.75 Å². The van der Waals surface area contributed by atoms with E-state index in [9.17, 15) is 53.1 Å². The molecular formula is C64H99N11O17. The topological polar surface area (TPSA) is 381 Å². The van der Waals surface area contributed by atoms with Crippen LogP contribution in [-0.4, -0.2) is 215 Å². The molecule has 0 aliphatic carbocycles. The molecule has 0 spiro atoms. The van der Waals surface area contributed by atoms with Gasteiger partial charge in [0, 0.05) is 46.4 Å². The molecular weight excluding hydrogens is 1190 g/mol. The number of nitrogens with two attached hydrogens (primary N) is 1. The van der Waals surface area contributed by atoms with Crippen molar-refractivity contribution < 1.29 is 81.6 Å². The van der Waals surface area contributed by atoms with Gasteiger partial charge in [-0.15, -0.1) is 0 Å². The molecule has 0 saturated carbocycles. The van der Waals surface area contributed by atoms with E-state index in [4.69, 9.17) is 19.9 Å². The monoisotopic (exact) mass is 1290 g/mol. The first-order chi connectivity index (χ1) is 43.3. The Morgan fingerprint density at radius 2 is 1.50 bits per heavy atom. The predicted octanol–water partition coefficient (Wildman–Crippen LogP) is 0.264. The first-order valence-electron chi connectivity index (χ1n) is 32.2. The highest BCUT2D eigenvalue weighted by molar-refractivity contribution is 5.98. The molecule has 512 valence electrons. The number of nitrogens with zero attached hydrogens (tertiary/aromatic N) is 4. The molecule has 11 amide bonds. The standard InChI is InChI=1S/C64H99N11O17/c1-14-36(8)53-48(76)32-51(79)69-52(35(6)7)57(82)68-43(29-33(2)3)60(85)75-28-16-18-45(75)62(87)73(12)47(31-39-19-21-40(90-13)22-20-39)64(89)91-37(9)54(58(83)70-53)71-56(81)46(30-34(4)5)72(11)61(86)44-17-15-27-74(44)59(84)38(10)92-63(88)42(23-25-49(65)77)67-55(80)41-24-26-50(78)66-41/h19-22,33-38,41-48,52-54,76H,14-18,23-32H2,1-13H3,(H2,65,77)(H,66,78)(H,67,80)(H,68,82)(H,69,79)(H,70,83)(H,71,81)/t36-,37-,38-,41?,42+,43-,44-,45-,46+,47-,48-,52-,53-,54+/m0/s1. The van der Waals surface area contributed by atoms with Gasteiger partial charge in [-0.25, -0.2) is 9.59 Å². The van der Waals surface area contributed by atoms with Gasteiger partial charge < -0.3 is 76.6 Å². The summed E-state index contributed by atoms with van der Waals surface area (Å²) in [5.74, 6) is -10.9. The molecule has 4 fully saturated rings. The number of fused-ring (bicyclic) bond motifs is 1. The Morgan fingerprint density at radius 3 is 2.09 bits per heavy atom. The number of nitrogens with one attached hydrogen (secondary N) is 6. The zero-order chi connectivity index (χ0) is 68.6. The van der Waals surface area contributed by atoms with E-state index < -0.39 is 168 Å². The molecule has 28 heteroatoms. The van der Waals surface area contributed by atoms with Gasteiger partial charge in [0.05, 0.1) is 25.7 Å². The molecule has 0 bridgehead atoms. The quantitative estimate of drug-likeness (QED) is 0.0722. The van der Waals surface area contributed by atoms with Crippen molar-refractivity contribution in [2.45, 2.75) is 231 Å². The smallest absolute Gasteiger partial charge is 0.329 e. The number of esters is 2. The maximum absolute atomic E-state index is 15.2. The number of likely N-dealkylation sites (N-methyl/N-ethyl adjacent to an activating group) is 2. The average molecular weight is 1290 g/mol. The maximum Gasteiger partial charge on any atom is 0.329 e. The Labute approximate surface area is 538 Å². The second-order valence-electron chi connectivity index (χ2n) is 26.1. The van der Waals surface area contributed by atoms with E-state index in [1.807, 2.05) is 13.8 Å². The largest absolute Gasteiger partial charge is 0.497 e. The Kier molecular flexibility index (Phi) is 27.8. The molecule has 9 N–H and O–H groups in total. The number of cyclic esters (lactones) is 1.